The van der Waals surface area contributed by atoms with Gasteiger partial charge in [0, 0.05) is 24.1 Å². The summed E-state index contributed by atoms with van der Waals surface area (Å²) in [7, 11) is 1.87. The summed E-state index contributed by atoms with van der Waals surface area (Å²) in [5, 5.41) is 9.39. The van der Waals surface area contributed by atoms with Crippen LogP contribution in [0.4, 0.5) is 5.69 Å². The van der Waals surface area contributed by atoms with E-state index in [0.717, 1.165) is 10.5 Å². The van der Waals surface area contributed by atoms with Gasteiger partial charge in [-0.05, 0) is 24.5 Å². The van der Waals surface area contributed by atoms with Crippen LogP contribution in [0.15, 0.2) is 46.1 Å². The van der Waals surface area contributed by atoms with Crippen LogP contribution in [0.5, 0.6) is 0 Å². The summed E-state index contributed by atoms with van der Waals surface area (Å²) < 4.78 is 5.03. The standard InChI is InChI=1S/C14H15NO3S/c1-15(8-10-6-7-18-9-10)11-4-3-5-12(19-2)13(11)14(16)17/h3-7,9H,8H2,1-2H3,(H,16,17). The van der Waals surface area contributed by atoms with Crippen molar-refractivity contribution in [2.75, 3.05) is 18.2 Å². The number of carbonyl (C=O) groups is 1. The molecule has 0 atom stereocenters. The lowest BCUT2D eigenvalue weighted by molar-refractivity contribution is 0.0694. The zero-order chi connectivity index (χ0) is 13.8. The monoisotopic (exact) mass is 277 g/mol. The molecule has 0 radical (unpaired) electrons. The summed E-state index contributed by atoms with van der Waals surface area (Å²) in [5.74, 6) is -0.904. The number of anilines is 1. The van der Waals surface area contributed by atoms with E-state index in [1.165, 1.54) is 11.8 Å². The van der Waals surface area contributed by atoms with Crippen LogP contribution >= 0.6 is 11.8 Å². The second kappa shape index (κ2) is 5.84. The van der Waals surface area contributed by atoms with Crippen LogP contribution in [0.3, 0.4) is 0 Å². The van der Waals surface area contributed by atoms with E-state index in [0.29, 0.717) is 17.8 Å². The first-order valence-corrected chi connectivity index (χ1v) is 6.98. The molecule has 0 fully saturated rings. The smallest absolute Gasteiger partial charge is 0.338 e. The lowest BCUT2D eigenvalue weighted by atomic mass is 10.1. The number of furan rings is 1. The highest BCUT2D eigenvalue weighted by Crippen LogP contribution is 2.30. The Morgan fingerprint density at radius 1 is 1.42 bits per heavy atom. The van der Waals surface area contributed by atoms with Crippen molar-refractivity contribution < 1.29 is 14.3 Å². The van der Waals surface area contributed by atoms with E-state index in [-0.39, 0.29) is 0 Å². The Balaban J connectivity index is 2.35. The highest BCUT2D eigenvalue weighted by atomic mass is 32.2. The van der Waals surface area contributed by atoms with Gasteiger partial charge in [0.25, 0.3) is 0 Å². The highest BCUT2D eigenvalue weighted by molar-refractivity contribution is 7.98. The summed E-state index contributed by atoms with van der Waals surface area (Å²) >= 11 is 1.44. The average Bonchev–Trinajstić information content (AvgIpc) is 2.90. The Bertz CT molecular complexity index is 566. The van der Waals surface area contributed by atoms with E-state index < -0.39 is 5.97 Å². The molecule has 100 valence electrons. The van der Waals surface area contributed by atoms with Gasteiger partial charge >= 0.3 is 5.97 Å². The molecule has 1 aromatic heterocycles. The molecule has 4 nitrogen and oxygen atoms in total. The molecule has 0 bridgehead atoms. The van der Waals surface area contributed by atoms with Crippen LogP contribution in [0, 0.1) is 0 Å². The Morgan fingerprint density at radius 2 is 2.21 bits per heavy atom. The molecule has 1 heterocycles. The van der Waals surface area contributed by atoms with Crippen molar-refractivity contribution in [2.24, 2.45) is 0 Å². The van der Waals surface area contributed by atoms with Gasteiger partial charge in [-0.25, -0.2) is 4.79 Å². The average molecular weight is 277 g/mol. The Hall–Kier alpha value is -1.88. The summed E-state index contributed by atoms with van der Waals surface area (Å²) in [6.45, 7) is 0.606. The fourth-order valence-corrected chi connectivity index (χ4v) is 2.58. The van der Waals surface area contributed by atoms with E-state index in [1.54, 1.807) is 12.5 Å². The minimum Gasteiger partial charge on any atom is -0.478 e. The number of nitrogens with zero attached hydrogens (tertiary/aromatic N) is 1. The molecule has 0 aliphatic heterocycles. The first kappa shape index (κ1) is 13.5. The predicted octanol–water partition coefficient (Wildman–Crippen LogP) is 3.34. The summed E-state index contributed by atoms with van der Waals surface area (Å²) in [6.07, 6.45) is 5.15. The topological polar surface area (TPSA) is 53.7 Å². The van der Waals surface area contributed by atoms with Gasteiger partial charge in [-0.1, -0.05) is 6.07 Å². The minimum atomic E-state index is -0.904. The molecule has 0 spiro atoms. The maximum atomic E-state index is 11.4. The largest absolute Gasteiger partial charge is 0.478 e. The molecule has 5 heteroatoms. The van der Waals surface area contributed by atoms with Crippen molar-refractivity contribution in [3.8, 4) is 0 Å². The van der Waals surface area contributed by atoms with Crippen LogP contribution in [0.25, 0.3) is 0 Å². The van der Waals surface area contributed by atoms with E-state index in [9.17, 15) is 9.90 Å². The predicted molar refractivity (Wildman–Crippen MR) is 76.0 cm³/mol. The number of thioether (sulfide) groups is 1. The Labute approximate surface area is 116 Å². The molecular formula is C14H15NO3S. The van der Waals surface area contributed by atoms with Gasteiger partial charge in [0.15, 0.2) is 0 Å². The molecule has 0 aliphatic carbocycles. The van der Waals surface area contributed by atoms with Gasteiger partial charge in [-0.15, -0.1) is 11.8 Å². The molecule has 0 aliphatic rings. The van der Waals surface area contributed by atoms with Gasteiger partial charge in [-0.2, -0.15) is 0 Å². The summed E-state index contributed by atoms with van der Waals surface area (Å²) in [6, 6.07) is 7.39. The number of hydrogen-bond acceptors (Lipinski definition) is 4. The van der Waals surface area contributed by atoms with E-state index in [1.807, 2.05) is 42.5 Å². The molecule has 0 saturated carbocycles. The number of benzene rings is 1. The number of carboxylic acids is 1. The van der Waals surface area contributed by atoms with Crippen molar-refractivity contribution >= 4 is 23.4 Å². The fraction of sp³-hybridized carbons (Fsp3) is 0.214. The van der Waals surface area contributed by atoms with Crippen molar-refractivity contribution in [1.82, 2.24) is 0 Å². The Kier molecular flexibility index (Phi) is 4.16. The highest BCUT2D eigenvalue weighted by Gasteiger charge is 2.17. The van der Waals surface area contributed by atoms with Crippen LogP contribution in [0.2, 0.25) is 0 Å². The summed E-state index contributed by atoms with van der Waals surface area (Å²) in [5.41, 5.74) is 2.06. The maximum absolute atomic E-state index is 11.4. The van der Waals surface area contributed by atoms with E-state index >= 15 is 0 Å². The molecule has 1 aromatic carbocycles. The number of aromatic carboxylic acids is 1. The third-order valence-corrected chi connectivity index (χ3v) is 3.63. The van der Waals surface area contributed by atoms with Crippen LogP contribution < -0.4 is 4.90 Å². The normalized spacial score (nSPS) is 10.4. The number of carboxylic acid groups (broad SMARTS) is 1. The van der Waals surface area contributed by atoms with Crippen LogP contribution in [0.1, 0.15) is 15.9 Å². The number of hydrogen-bond donors (Lipinski definition) is 1. The molecule has 0 unspecified atom stereocenters. The zero-order valence-corrected chi connectivity index (χ0v) is 11.6. The Morgan fingerprint density at radius 3 is 2.79 bits per heavy atom. The van der Waals surface area contributed by atoms with E-state index in [2.05, 4.69) is 0 Å². The molecular weight excluding hydrogens is 262 g/mol. The van der Waals surface area contributed by atoms with Crippen molar-refractivity contribution in [3.63, 3.8) is 0 Å². The molecule has 0 saturated heterocycles. The van der Waals surface area contributed by atoms with Crippen LogP contribution in [-0.2, 0) is 6.54 Å². The minimum absolute atomic E-state index is 0.348. The maximum Gasteiger partial charge on any atom is 0.338 e. The second-order valence-electron chi connectivity index (χ2n) is 4.15. The first-order valence-electron chi connectivity index (χ1n) is 5.76. The van der Waals surface area contributed by atoms with Crippen molar-refractivity contribution in [1.29, 1.82) is 0 Å². The second-order valence-corrected chi connectivity index (χ2v) is 5.00. The summed E-state index contributed by atoms with van der Waals surface area (Å²) in [4.78, 5) is 14.1. The van der Waals surface area contributed by atoms with Gasteiger partial charge in [-0.3, -0.25) is 0 Å². The van der Waals surface area contributed by atoms with Crippen molar-refractivity contribution in [3.05, 3.63) is 47.9 Å². The lowest BCUT2D eigenvalue weighted by Gasteiger charge is -2.21. The van der Waals surface area contributed by atoms with Crippen molar-refractivity contribution in [2.45, 2.75) is 11.4 Å². The molecule has 2 rings (SSSR count). The molecule has 2 aromatic rings. The fourth-order valence-electron chi connectivity index (χ4n) is 1.96. The van der Waals surface area contributed by atoms with Crippen LogP contribution in [-0.4, -0.2) is 24.4 Å². The zero-order valence-electron chi connectivity index (χ0n) is 10.8. The molecule has 1 N–H and O–H groups in total. The lowest BCUT2D eigenvalue weighted by Crippen LogP contribution is -2.19. The third kappa shape index (κ3) is 2.93. The van der Waals surface area contributed by atoms with Gasteiger partial charge in [0.2, 0.25) is 0 Å². The van der Waals surface area contributed by atoms with Gasteiger partial charge < -0.3 is 14.4 Å². The van der Waals surface area contributed by atoms with Gasteiger partial charge in [0.1, 0.15) is 0 Å². The first-order chi connectivity index (χ1) is 9.13. The molecule has 19 heavy (non-hydrogen) atoms. The van der Waals surface area contributed by atoms with Gasteiger partial charge in [0.05, 0.1) is 23.8 Å². The quantitative estimate of drug-likeness (QED) is 0.849. The third-order valence-electron chi connectivity index (χ3n) is 2.85. The SMILES string of the molecule is CSc1cccc(N(C)Cc2ccoc2)c1C(=O)O. The molecule has 0 amide bonds. The number of rotatable bonds is 5. The van der Waals surface area contributed by atoms with E-state index in [4.69, 9.17) is 4.42 Å².